The van der Waals surface area contributed by atoms with Crippen LogP contribution in [0.25, 0.3) is 0 Å². The van der Waals surface area contributed by atoms with E-state index in [1.54, 1.807) is 12.1 Å². The molecule has 1 aliphatic rings. The number of carbonyl (C=O) groups is 1. The van der Waals surface area contributed by atoms with Crippen LogP contribution in [0, 0.1) is 5.92 Å². The largest absolute Gasteiger partial charge is 0.464 e. The lowest BCUT2D eigenvalue weighted by Gasteiger charge is -2.31. The highest BCUT2D eigenvalue weighted by atomic mass is 16.5. The Bertz CT molecular complexity index is 652. The molecule has 0 amide bonds. The molecule has 1 aromatic carbocycles. The van der Waals surface area contributed by atoms with Crippen LogP contribution in [-0.4, -0.2) is 23.3 Å². The summed E-state index contributed by atoms with van der Waals surface area (Å²) in [5.41, 5.74) is 1.49. The van der Waals surface area contributed by atoms with E-state index in [9.17, 15) is 4.79 Å². The van der Waals surface area contributed by atoms with Crippen LogP contribution >= 0.6 is 0 Å². The highest BCUT2D eigenvalue weighted by Gasteiger charge is 2.25. The van der Waals surface area contributed by atoms with E-state index in [0.29, 0.717) is 11.7 Å². The molecule has 0 bridgehead atoms. The Hall–Kier alpha value is -2.43. The first-order valence-electron chi connectivity index (χ1n) is 8.51. The summed E-state index contributed by atoms with van der Waals surface area (Å²) in [6.07, 6.45) is 6.33. The average molecular weight is 325 g/mol. The van der Waals surface area contributed by atoms with Crippen LogP contribution in [0.5, 0.6) is 0 Å². The molecule has 1 saturated carbocycles. The molecule has 0 aliphatic heterocycles. The molecule has 24 heavy (non-hydrogen) atoms. The van der Waals surface area contributed by atoms with Gasteiger partial charge in [0.1, 0.15) is 5.82 Å². The Balaban J connectivity index is 1.79. The minimum atomic E-state index is -0.471. The van der Waals surface area contributed by atoms with Crippen LogP contribution in [0.2, 0.25) is 0 Å². The number of nitrogens with one attached hydrogen (secondary N) is 1. The maximum absolute atomic E-state index is 11.5. The van der Waals surface area contributed by atoms with E-state index < -0.39 is 5.97 Å². The van der Waals surface area contributed by atoms with Crippen LogP contribution in [-0.2, 0) is 4.74 Å². The molecule has 0 saturated heterocycles. The standard InChI is InChI=1S/C19H23N3O2/c1-24-19(23)16-12-13-17(22-21-16)20-18(14-8-4-2-5-9-14)15-10-6-3-7-11-15/h2,4-5,8-9,12-13,15,18H,3,6-7,10-11H2,1H3,(H,20,22). The Morgan fingerprint density at radius 1 is 1.08 bits per heavy atom. The van der Waals surface area contributed by atoms with Gasteiger partial charge in [0.15, 0.2) is 5.69 Å². The van der Waals surface area contributed by atoms with E-state index in [2.05, 4.69) is 44.5 Å². The van der Waals surface area contributed by atoms with Gasteiger partial charge in [0.2, 0.25) is 0 Å². The van der Waals surface area contributed by atoms with Gasteiger partial charge >= 0.3 is 5.97 Å². The minimum absolute atomic E-state index is 0.213. The van der Waals surface area contributed by atoms with Crippen LogP contribution < -0.4 is 5.32 Å². The number of esters is 1. The Labute approximate surface area is 142 Å². The van der Waals surface area contributed by atoms with Gasteiger partial charge < -0.3 is 10.1 Å². The number of carbonyl (C=O) groups excluding carboxylic acids is 1. The van der Waals surface area contributed by atoms with E-state index in [-0.39, 0.29) is 11.7 Å². The molecule has 1 unspecified atom stereocenters. The molecule has 1 aromatic heterocycles. The van der Waals surface area contributed by atoms with Crippen LogP contribution in [0.4, 0.5) is 5.82 Å². The molecule has 1 aliphatic carbocycles. The van der Waals surface area contributed by atoms with E-state index in [0.717, 1.165) is 0 Å². The zero-order valence-electron chi connectivity index (χ0n) is 13.9. The van der Waals surface area contributed by atoms with E-state index in [1.807, 2.05) is 6.07 Å². The maximum atomic E-state index is 11.5. The third kappa shape index (κ3) is 3.91. The molecule has 5 heteroatoms. The third-order valence-corrected chi connectivity index (χ3v) is 4.64. The molecular formula is C19H23N3O2. The van der Waals surface area contributed by atoms with Crippen molar-refractivity contribution in [1.29, 1.82) is 0 Å². The van der Waals surface area contributed by atoms with Gasteiger partial charge in [0.05, 0.1) is 13.2 Å². The predicted molar refractivity (Wildman–Crippen MR) is 92.8 cm³/mol. The number of methoxy groups -OCH3 is 1. The third-order valence-electron chi connectivity index (χ3n) is 4.64. The highest BCUT2D eigenvalue weighted by molar-refractivity contribution is 5.86. The number of hydrogen-bond acceptors (Lipinski definition) is 5. The normalized spacial score (nSPS) is 16.4. The summed E-state index contributed by atoms with van der Waals surface area (Å²) < 4.78 is 4.66. The molecule has 126 valence electrons. The van der Waals surface area contributed by atoms with Gasteiger partial charge in [-0.05, 0) is 36.5 Å². The molecular weight excluding hydrogens is 302 g/mol. The number of ether oxygens (including phenoxy) is 1. The van der Waals surface area contributed by atoms with Crippen molar-refractivity contribution in [1.82, 2.24) is 10.2 Å². The first kappa shape index (κ1) is 16.4. The number of anilines is 1. The van der Waals surface area contributed by atoms with Gasteiger partial charge in [-0.1, -0.05) is 49.6 Å². The summed E-state index contributed by atoms with van der Waals surface area (Å²) >= 11 is 0. The van der Waals surface area contributed by atoms with Crippen molar-refractivity contribution < 1.29 is 9.53 Å². The Kier molecular flexibility index (Phi) is 5.41. The number of rotatable bonds is 5. The number of nitrogens with zero attached hydrogens (tertiary/aromatic N) is 2. The predicted octanol–water partition coefficient (Wildman–Crippen LogP) is 4.00. The second-order valence-corrected chi connectivity index (χ2v) is 6.23. The van der Waals surface area contributed by atoms with E-state index in [1.165, 1.54) is 44.8 Å². The van der Waals surface area contributed by atoms with Gasteiger partial charge in [0, 0.05) is 0 Å². The summed E-state index contributed by atoms with van der Waals surface area (Å²) in [4.78, 5) is 11.5. The summed E-state index contributed by atoms with van der Waals surface area (Å²) in [6, 6.07) is 14.1. The molecule has 3 rings (SSSR count). The number of hydrogen-bond donors (Lipinski definition) is 1. The second kappa shape index (κ2) is 7.90. The lowest BCUT2D eigenvalue weighted by Crippen LogP contribution is -2.24. The van der Waals surface area contributed by atoms with Crippen LogP contribution in [0.3, 0.4) is 0 Å². The van der Waals surface area contributed by atoms with Crippen molar-refractivity contribution in [3.05, 3.63) is 53.7 Å². The topological polar surface area (TPSA) is 64.1 Å². The minimum Gasteiger partial charge on any atom is -0.464 e. The van der Waals surface area contributed by atoms with Crippen LogP contribution in [0.15, 0.2) is 42.5 Å². The Morgan fingerprint density at radius 3 is 2.46 bits per heavy atom. The van der Waals surface area contributed by atoms with Crippen molar-refractivity contribution in [2.45, 2.75) is 38.1 Å². The van der Waals surface area contributed by atoms with Gasteiger partial charge in [-0.3, -0.25) is 0 Å². The average Bonchev–Trinajstić information content (AvgIpc) is 2.67. The van der Waals surface area contributed by atoms with E-state index >= 15 is 0 Å². The first-order chi connectivity index (χ1) is 11.8. The summed E-state index contributed by atoms with van der Waals surface area (Å²) in [5.74, 6) is 0.797. The van der Waals surface area contributed by atoms with Crippen molar-refractivity contribution in [2.24, 2.45) is 5.92 Å². The summed E-state index contributed by atoms with van der Waals surface area (Å²) in [5, 5.41) is 11.6. The smallest absolute Gasteiger partial charge is 0.358 e. The fourth-order valence-corrected chi connectivity index (χ4v) is 3.38. The lowest BCUT2D eigenvalue weighted by atomic mass is 9.81. The number of aromatic nitrogens is 2. The highest BCUT2D eigenvalue weighted by Crippen LogP contribution is 2.36. The van der Waals surface area contributed by atoms with Gasteiger partial charge in [-0.25, -0.2) is 4.79 Å². The Morgan fingerprint density at radius 2 is 1.83 bits per heavy atom. The maximum Gasteiger partial charge on any atom is 0.358 e. The second-order valence-electron chi connectivity index (χ2n) is 6.23. The fraction of sp³-hybridized carbons (Fsp3) is 0.421. The zero-order chi connectivity index (χ0) is 16.8. The van der Waals surface area contributed by atoms with Crippen molar-refractivity contribution in [3.63, 3.8) is 0 Å². The quantitative estimate of drug-likeness (QED) is 0.842. The molecule has 0 spiro atoms. The molecule has 1 N–H and O–H groups in total. The summed E-state index contributed by atoms with van der Waals surface area (Å²) in [6.45, 7) is 0. The van der Waals surface area contributed by atoms with Crippen LogP contribution in [0.1, 0.15) is 54.2 Å². The van der Waals surface area contributed by atoms with E-state index in [4.69, 9.17) is 0 Å². The van der Waals surface area contributed by atoms with Crippen molar-refractivity contribution in [2.75, 3.05) is 12.4 Å². The molecule has 1 atom stereocenters. The molecule has 5 nitrogen and oxygen atoms in total. The molecule has 1 heterocycles. The molecule has 0 radical (unpaired) electrons. The molecule has 2 aromatic rings. The number of benzene rings is 1. The summed E-state index contributed by atoms with van der Waals surface area (Å²) in [7, 11) is 1.34. The lowest BCUT2D eigenvalue weighted by molar-refractivity contribution is 0.0593. The fourth-order valence-electron chi connectivity index (χ4n) is 3.38. The van der Waals surface area contributed by atoms with Crippen molar-refractivity contribution >= 4 is 11.8 Å². The first-order valence-corrected chi connectivity index (χ1v) is 8.51. The zero-order valence-corrected chi connectivity index (χ0v) is 13.9. The van der Waals surface area contributed by atoms with Gasteiger partial charge in [0.25, 0.3) is 0 Å². The SMILES string of the molecule is COC(=O)c1ccc(NC(c2ccccc2)C2CCCCC2)nn1. The van der Waals surface area contributed by atoms with Crippen molar-refractivity contribution in [3.8, 4) is 0 Å². The van der Waals surface area contributed by atoms with Gasteiger partial charge in [-0.15, -0.1) is 10.2 Å². The molecule has 1 fully saturated rings. The van der Waals surface area contributed by atoms with Gasteiger partial charge in [-0.2, -0.15) is 0 Å². The monoisotopic (exact) mass is 325 g/mol.